The number of piperidine rings is 1. The number of carbonyl (C=O) groups is 1. The normalized spacial score (nSPS) is 19.0. The first-order valence-electron chi connectivity index (χ1n) is 11.6. The quantitative estimate of drug-likeness (QED) is 0.465. The molecule has 0 saturated carbocycles. The number of para-hydroxylation sites is 1. The molecule has 4 heterocycles. The van der Waals surface area contributed by atoms with Crippen molar-refractivity contribution >= 4 is 16.8 Å². The van der Waals surface area contributed by atoms with E-state index in [0.717, 1.165) is 40.0 Å². The Bertz CT molecular complexity index is 1460. The summed E-state index contributed by atoms with van der Waals surface area (Å²) in [5, 5.41) is 0.858. The summed E-state index contributed by atoms with van der Waals surface area (Å²) >= 11 is 0. The highest BCUT2D eigenvalue weighted by Crippen LogP contribution is 2.36. The van der Waals surface area contributed by atoms with Crippen LogP contribution in [0.25, 0.3) is 22.2 Å². The lowest BCUT2D eigenvalue weighted by Gasteiger charge is -2.42. The molecule has 34 heavy (non-hydrogen) atoms. The highest BCUT2D eigenvalue weighted by molar-refractivity contribution is 6.07. The molecule has 6 rings (SSSR count). The molecule has 2 aliphatic heterocycles. The molecule has 0 radical (unpaired) electrons. The van der Waals surface area contributed by atoms with E-state index in [1.165, 1.54) is 0 Å². The third-order valence-electron chi connectivity index (χ3n) is 7.10. The van der Waals surface area contributed by atoms with Gasteiger partial charge in [0, 0.05) is 48.3 Å². The largest absolute Gasteiger partial charge is 0.497 e. The molecule has 2 aromatic heterocycles. The maximum atomic E-state index is 13.9. The van der Waals surface area contributed by atoms with E-state index in [4.69, 9.17) is 9.72 Å². The summed E-state index contributed by atoms with van der Waals surface area (Å²) in [6, 6.07) is 22.9. The minimum Gasteiger partial charge on any atom is -0.497 e. The molecule has 0 spiro atoms. The van der Waals surface area contributed by atoms with Crippen molar-refractivity contribution in [3.05, 3.63) is 94.4 Å². The molecule has 2 bridgehead atoms. The lowest BCUT2D eigenvalue weighted by atomic mass is 9.83. The van der Waals surface area contributed by atoms with Gasteiger partial charge in [0.2, 0.25) is 0 Å². The van der Waals surface area contributed by atoms with Crippen molar-refractivity contribution < 1.29 is 9.53 Å². The van der Waals surface area contributed by atoms with Gasteiger partial charge in [-0.05, 0) is 54.8 Å². The summed E-state index contributed by atoms with van der Waals surface area (Å²) in [5.41, 5.74) is 4.26. The van der Waals surface area contributed by atoms with Crippen molar-refractivity contribution in [1.29, 1.82) is 0 Å². The SMILES string of the molecule is COc1ccc(-c2cc(C(=O)N3CC4CC(C3)c3cccc(=O)n3C4)c3ccccc3n2)cc1. The van der Waals surface area contributed by atoms with Gasteiger partial charge >= 0.3 is 0 Å². The van der Waals surface area contributed by atoms with Crippen LogP contribution in [0.4, 0.5) is 0 Å². The number of nitrogens with zero attached hydrogens (tertiary/aromatic N) is 3. The Balaban J connectivity index is 1.39. The zero-order valence-corrected chi connectivity index (χ0v) is 19.0. The third kappa shape index (κ3) is 3.46. The Labute approximate surface area is 197 Å². The summed E-state index contributed by atoms with van der Waals surface area (Å²) in [7, 11) is 1.64. The minimum atomic E-state index is 0.0230. The Morgan fingerprint density at radius 1 is 0.971 bits per heavy atom. The van der Waals surface area contributed by atoms with Gasteiger partial charge in [-0.2, -0.15) is 0 Å². The maximum absolute atomic E-state index is 13.9. The number of pyridine rings is 2. The van der Waals surface area contributed by atoms with Crippen molar-refractivity contribution in [3.63, 3.8) is 0 Å². The van der Waals surface area contributed by atoms with Crippen LogP contribution in [0.5, 0.6) is 5.75 Å². The maximum Gasteiger partial charge on any atom is 0.254 e. The number of likely N-dealkylation sites (tertiary alicyclic amines) is 1. The molecule has 6 nitrogen and oxygen atoms in total. The van der Waals surface area contributed by atoms with Crippen LogP contribution in [0, 0.1) is 5.92 Å². The first-order chi connectivity index (χ1) is 16.6. The Morgan fingerprint density at radius 2 is 1.79 bits per heavy atom. The smallest absolute Gasteiger partial charge is 0.254 e. The lowest BCUT2D eigenvalue weighted by molar-refractivity contribution is 0.0596. The van der Waals surface area contributed by atoms with Crippen LogP contribution < -0.4 is 10.3 Å². The molecular formula is C28H25N3O3. The van der Waals surface area contributed by atoms with Crippen LogP contribution in [-0.2, 0) is 6.54 Å². The molecule has 6 heteroatoms. The molecule has 1 fully saturated rings. The fourth-order valence-corrected chi connectivity index (χ4v) is 5.49. The van der Waals surface area contributed by atoms with Crippen molar-refractivity contribution in [2.24, 2.45) is 5.92 Å². The van der Waals surface area contributed by atoms with Gasteiger partial charge < -0.3 is 14.2 Å². The molecule has 1 saturated heterocycles. The standard InChI is InChI=1S/C28H25N3O3/c1-34-21-11-9-19(10-12-21)25-14-23(22-5-2-3-6-24(22)29-25)28(33)30-15-18-13-20(17-30)26-7-4-8-27(32)31(26)16-18/h2-12,14,18,20H,13,15-17H2,1H3. The van der Waals surface area contributed by atoms with Crippen LogP contribution in [-0.4, -0.2) is 40.6 Å². The summed E-state index contributed by atoms with van der Waals surface area (Å²) < 4.78 is 7.18. The zero-order valence-electron chi connectivity index (χ0n) is 19.0. The summed E-state index contributed by atoms with van der Waals surface area (Å²) in [6.07, 6.45) is 1.02. The second-order valence-corrected chi connectivity index (χ2v) is 9.21. The molecular weight excluding hydrogens is 426 g/mol. The van der Waals surface area contributed by atoms with Gasteiger partial charge in [0.25, 0.3) is 11.5 Å². The zero-order chi connectivity index (χ0) is 23.2. The van der Waals surface area contributed by atoms with E-state index in [1.54, 1.807) is 13.2 Å². The van der Waals surface area contributed by atoms with Gasteiger partial charge in [0.15, 0.2) is 0 Å². The second-order valence-electron chi connectivity index (χ2n) is 9.21. The first kappa shape index (κ1) is 20.7. The van der Waals surface area contributed by atoms with Crippen molar-refractivity contribution in [2.75, 3.05) is 20.2 Å². The van der Waals surface area contributed by atoms with Crippen LogP contribution >= 0.6 is 0 Å². The van der Waals surface area contributed by atoms with Gasteiger partial charge in [-0.25, -0.2) is 4.98 Å². The molecule has 1 amide bonds. The van der Waals surface area contributed by atoms with Gasteiger partial charge in [-0.1, -0.05) is 24.3 Å². The summed E-state index contributed by atoms with van der Waals surface area (Å²) in [6.45, 7) is 1.95. The fourth-order valence-electron chi connectivity index (χ4n) is 5.49. The predicted octanol–water partition coefficient (Wildman–Crippen LogP) is 4.33. The van der Waals surface area contributed by atoms with Crippen molar-refractivity contribution in [3.8, 4) is 17.0 Å². The number of rotatable bonds is 3. The van der Waals surface area contributed by atoms with Crippen LogP contribution in [0.2, 0.25) is 0 Å². The van der Waals surface area contributed by atoms with Crippen LogP contribution in [0.15, 0.2) is 77.6 Å². The van der Waals surface area contributed by atoms with Crippen molar-refractivity contribution in [2.45, 2.75) is 18.9 Å². The fraction of sp³-hybridized carbons (Fsp3) is 0.250. The number of aromatic nitrogens is 2. The minimum absolute atomic E-state index is 0.0230. The van der Waals surface area contributed by atoms with E-state index < -0.39 is 0 Å². The average Bonchev–Trinajstić information content (AvgIpc) is 2.88. The number of benzene rings is 2. The van der Waals surface area contributed by atoms with E-state index in [2.05, 4.69) is 0 Å². The number of hydrogen-bond acceptors (Lipinski definition) is 4. The Hall–Kier alpha value is -3.93. The van der Waals surface area contributed by atoms with E-state index in [0.29, 0.717) is 25.2 Å². The van der Waals surface area contributed by atoms with Gasteiger partial charge in [-0.3, -0.25) is 9.59 Å². The van der Waals surface area contributed by atoms with Gasteiger partial charge in [0.05, 0.1) is 23.9 Å². The molecule has 2 unspecified atom stereocenters. The number of methoxy groups -OCH3 is 1. The molecule has 0 aliphatic carbocycles. The molecule has 2 aromatic carbocycles. The number of ether oxygens (including phenoxy) is 1. The lowest BCUT2D eigenvalue weighted by Crippen LogP contribution is -2.49. The number of hydrogen-bond donors (Lipinski definition) is 0. The summed E-state index contributed by atoms with van der Waals surface area (Å²) in [5.74, 6) is 1.26. The third-order valence-corrected chi connectivity index (χ3v) is 7.10. The predicted molar refractivity (Wildman–Crippen MR) is 131 cm³/mol. The van der Waals surface area contributed by atoms with Crippen LogP contribution in [0.1, 0.15) is 28.4 Å². The van der Waals surface area contributed by atoms with E-state index in [1.807, 2.05) is 76.2 Å². The second kappa shape index (κ2) is 8.13. The van der Waals surface area contributed by atoms with Crippen molar-refractivity contribution in [1.82, 2.24) is 14.5 Å². The first-order valence-corrected chi connectivity index (χ1v) is 11.6. The highest BCUT2D eigenvalue weighted by Gasteiger charge is 2.36. The summed E-state index contributed by atoms with van der Waals surface area (Å²) in [4.78, 5) is 33.1. The topological polar surface area (TPSA) is 64.4 Å². The Kier molecular flexibility index (Phi) is 4.94. The van der Waals surface area contributed by atoms with Gasteiger partial charge in [0.1, 0.15) is 5.75 Å². The molecule has 2 aliphatic rings. The monoisotopic (exact) mass is 451 g/mol. The molecule has 170 valence electrons. The average molecular weight is 452 g/mol. The molecule has 0 N–H and O–H groups in total. The number of carbonyl (C=O) groups excluding carboxylic acids is 1. The van der Waals surface area contributed by atoms with E-state index in [-0.39, 0.29) is 23.3 Å². The molecule has 2 atom stereocenters. The number of amides is 1. The van der Waals surface area contributed by atoms with Crippen LogP contribution in [0.3, 0.4) is 0 Å². The molecule has 4 aromatic rings. The van der Waals surface area contributed by atoms with Gasteiger partial charge in [-0.15, -0.1) is 0 Å². The number of fused-ring (bicyclic) bond motifs is 5. The van der Waals surface area contributed by atoms with E-state index >= 15 is 0 Å². The Morgan fingerprint density at radius 3 is 2.62 bits per heavy atom. The van der Waals surface area contributed by atoms with E-state index in [9.17, 15) is 9.59 Å². The highest BCUT2D eigenvalue weighted by atomic mass is 16.5.